The number of hydrogen-bond donors (Lipinski definition) is 2. The molecule has 1 aliphatic rings. The maximum absolute atomic E-state index is 9.18. The minimum absolute atomic E-state index is 0.365. The van der Waals surface area contributed by atoms with Crippen LogP contribution < -0.4 is 14.8 Å². The zero-order valence-corrected chi connectivity index (χ0v) is 9.40. The van der Waals surface area contributed by atoms with Gasteiger partial charge in [0.05, 0.1) is 19.3 Å². The molecular weight excluding hydrogens is 206 g/mol. The molecule has 2 N–H and O–H groups in total. The zero-order valence-electron chi connectivity index (χ0n) is 9.40. The van der Waals surface area contributed by atoms with Crippen LogP contribution in [-0.4, -0.2) is 31.0 Å². The molecular formula is C12H17NO3. The van der Waals surface area contributed by atoms with Crippen molar-refractivity contribution in [1.82, 2.24) is 0 Å². The van der Waals surface area contributed by atoms with Crippen LogP contribution in [0.1, 0.15) is 13.3 Å². The average Bonchev–Trinajstić information content (AvgIpc) is 2.50. The Morgan fingerprint density at radius 1 is 1.31 bits per heavy atom. The van der Waals surface area contributed by atoms with Crippen molar-refractivity contribution in [2.24, 2.45) is 0 Å². The minimum atomic E-state index is -0.365. The molecule has 0 aromatic heterocycles. The van der Waals surface area contributed by atoms with E-state index >= 15 is 0 Å². The zero-order chi connectivity index (χ0) is 11.4. The number of anilines is 1. The predicted octanol–water partition coefficient (Wildman–Crippen LogP) is 1.64. The van der Waals surface area contributed by atoms with Crippen LogP contribution in [0.2, 0.25) is 0 Å². The van der Waals surface area contributed by atoms with Gasteiger partial charge in [-0.2, -0.15) is 0 Å². The quantitative estimate of drug-likeness (QED) is 0.818. The van der Waals surface area contributed by atoms with Gasteiger partial charge in [-0.25, -0.2) is 0 Å². The summed E-state index contributed by atoms with van der Waals surface area (Å²) < 4.78 is 11.1. The Labute approximate surface area is 95.2 Å². The summed E-state index contributed by atoms with van der Waals surface area (Å²) in [6.45, 7) is 3.66. The third-order valence-corrected chi connectivity index (χ3v) is 2.35. The number of ether oxygens (including phenoxy) is 2. The van der Waals surface area contributed by atoms with Crippen LogP contribution in [0.5, 0.6) is 11.5 Å². The van der Waals surface area contributed by atoms with Crippen LogP contribution in [0.3, 0.4) is 0 Å². The second-order valence-corrected chi connectivity index (χ2v) is 3.94. The summed E-state index contributed by atoms with van der Waals surface area (Å²) in [5, 5.41) is 12.3. The van der Waals surface area contributed by atoms with E-state index in [9.17, 15) is 5.11 Å². The molecule has 16 heavy (non-hydrogen) atoms. The van der Waals surface area contributed by atoms with Crippen LogP contribution in [-0.2, 0) is 0 Å². The van der Waals surface area contributed by atoms with Gasteiger partial charge in [-0.05, 0) is 19.1 Å². The Bertz CT molecular complexity index is 352. The van der Waals surface area contributed by atoms with Crippen molar-refractivity contribution in [2.45, 2.75) is 19.4 Å². The van der Waals surface area contributed by atoms with Gasteiger partial charge < -0.3 is 19.9 Å². The van der Waals surface area contributed by atoms with Gasteiger partial charge in [0.1, 0.15) is 0 Å². The van der Waals surface area contributed by atoms with Crippen molar-refractivity contribution in [1.29, 1.82) is 0 Å². The van der Waals surface area contributed by atoms with Gasteiger partial charge in [0.25, 0.3) is 0 Å². The standard InChI is InChI=1S/C12H17NO3/c1-9(14)8-13-10-3-4-11-12(7-10)16-6-2-5-15-11/h3-4,7,9,13-14H,2,5-6,8H2,1H3/t9-/m0/s1. The Morgan fingerprint density at radius 3 is 2.81 bits per heavy atom. The summed E-state index contributed by atoms with van der Waals surface area (Å²) in [5.74, 6) is 1.56. The van der Waals surface area contributed by atoms with E-state index in [4.69, 9.17) is 9.47 Å². The van der Waals surface area contributed by atoms with Crippen LogP contribution in [0, 0.1) is 0 Å². The monoisotopic (exact) mass is 223 g/mol. The highest BCUT2D eigenvalue weighted by atomic mass is 16.5. The number of fused-ring (bicyclic) bond motifs is 1. The average molecular weight is 223 g/mol. The largest absolute Gasteiger partial charge is 0.490 e. The Hall–Kier alpha value is -1.42. The van der Waals surface area contributed by atoms with E-state index < -0.39 is 0 Å². The highest BCUT2D eigenvalue weighted by molar-refractivity contribution is 5.55. The first-order valence-corrected chi connectivity index (χ1v) is 5.57. The molecule has 0 amide bonds. The molecule has 0 radical (unpaired) electrons. The first-order chi connectivity index (χ1) is 7.75. The summed E-state index contributed by atoms with van der Waals surface area (Å²) in [4.78, 5) is 0. The predicted molar refractivity (Wildman–Crippen MR) is 62.2 cm³/mol. The van der Waals surface area contributed by atoms with Crippen LogP contribution in [0.15, 0.2) is 18.2 Å². The van der Waals surface area contributed by atoms with Crippen LogP contribution >= 0.6 is 0 Å². The third kappa shape index (κ3) is 2.79. The summed E-state index contributed by atoms with van der Waals surface area (Å²) >= 11 is 0. The molecule has 4 nitrogen and oxygen atoms in total. The van der Waals surface area contributed by atoms with Crippen LogP contribution in [0.4, 0.5) is 5.69 Å². The number of benzene rings is 1. The lowest BCUT2D eigenvalue weighted by Gasteiger charge is -2.12. The SMILES string of the molecule is C[C@H](O)CNc1ccc2c(c1)OCCCO2. The third-order valence-electron chi connectivity index (χ3n) is 2.35. The second-order valence-electron chi connectivity index (χ2n) is 3.94. The highest BCUT2D eigenvalue weighted by Crippen LogP contribution is 2.32. The molecule has 2 rings (SSSR count). The molecule has 0 bridgehead atoms. The fourth-order valence-electron chi connectivity index (χ4n) is 1.54. The van der Waals surface area contributed by atoms with E-state index in [1.807, 2.05) is 18.2 Å². The fraction of sp³-hybridized carbons (Fsp3) is 0.500. The first-order valence-electron chi connectivity index (χ1n) is 5.57. The number of aliphatic hydroxyl groups is 1. The van der Waals surface area contributed by atoms with E-state index in [1.54, 1.807) is 6.92 Å². The molecule has 0 saturated heterocycles. The normalized spacial score (nSPS) is 16.4. The van der Waals surface area contributed by atoms with Crippen molar-refractivity contribution in [3.05, 3.63) is 18.2 Å². The summed E-state index contributed by atoms with van der Waals surface area (Å²) in [6, 6.07) is 5.73. The van der Waals surface area contributed by atoms with Gasteiger partial charge in [0.15, 0.2) is 11.5 Å². The van der Waals surface area contributed by atoms with Gasteiger partial charge in [-0.15, -0.1) is 0 Å². The molecule has 0 spiro atoms. The molecule has 0 fully saturated rings. The molecule has 1 heterocycles. The topological polar surface area (TPSA) is 50.7 Å². The van der Waals surface area contributed by atoms with Crippen LogP contribution in [0.25, 0.3) is 0 Å². The molecule has 0 aliphatic carbocycles. The molecule has 1 atom stereocenters. The lowest BCUT2D eigenvalue weighted by atomic mass is 10.2. The molecule has 0 saturated carbocycles. The smallest absolute Gasteiger partial charge is 0.163 e. The maximum Gasteiger partial charge on any atom is 0.163 e. The minimum Gasteiger partial charge on any atom is -0.490 e. The van der Waals surface area contributed by atoms with Gasteiger partial charge >= 0.3 is 0 Å². The second kappa shape index (κ2) is 5.07. The molecule has 88 valence electrons. The van der Waals surface area contributed by atoms with Crippen molar-refractivity contribution in [2.75, 3.05) is 25.1 Å². The van der Waals surface area contributed by atoms with E-state index in [2.05, 4.69) is 5.32 Å². The van der Waals surface area contributed by atoms with E-state index in [0.29, 0.717) is 19.8 Å². The summed E-state index contributed by atoms with van der Waals surface area (Å²) in [6.07, 6.45) is 0.543. The molecule has 0 unspecified atom stereocenters. The Kier molecular flexibility index (Phi) is 3.51. The number of nitrogens with one attached hydrogen (secondary N) is 1. The Morgan fingerprint density at radius 2 is 2.06 bits per heavy atom. The summed E-state index contributed by atoms with van der Waals surface area (Å²) in [5.41, 5.74) is 0.935. The summed E-state index contributed by atoms with van der Waals surface area (Å²) in [7, 11) is 0. The number of hydrogen-bond acceptors (Lipinski definition) is 4. The van der Waals surface area contributed by atoms with Crippen molar-refractivity contribution >= 4 is 5.69 Å². The fourth-order valence-corrected chi connectivity index (χ4v) is 1.54. The van der Waals surface area contributed by atoms with Gasteiger partial charge in [0, 0.05) is 24.7 Å². The van der Waals surface area contributed by atoms with E-state index in [1.165, 1.54) is 0 Å². The Balaban J connectivity index is 2.08. The number of aliphatic hydroxyl groups excluding tert-OH is 1. The van der Waals surface area contributed by atoms with Crippen molar-refractivity contribution in [3.63, 3.8) is 0 Å². The highest BCUT2D eigenvalue weighted by Gasteiger charge is 2.10. The molecule has 1 aromatic rings. The van der Waals surface area contributed by atoms with Gasteiger partial charge in [-0.3, -0.25) is 0 Å². The van der Waals surface area contributed by atoms with Crippen molar-refractivity contribution in [3.8, 4) is 11.5 Å². The van der Waals surface area contributed by atoms with Gasteiger partial charge in [-0.1, -0.05) is 0 Å². The molecule has 1 aliphatic heterocycles. The lowest BCUT2D eigenvalue weighted by Crippen LogP contribution is -2.15. The van der Waals surface area contributed by atoms with Crippen molar-refractivity contribution < 1.29 is 14.6 Å². The van der Waals surface area contributed by atoms with E-state index in [0.717, 1.165) is 23.6 Å². The van der Waals surface area contributed by atoms with Gasteiger partial charge in [0.2, 0.25) is 0 Å². The lowest BCUT2D eigenvalue weighted by molar-refractivity contribution is 0.208. The number of rotatable bonds is 3. The molecule has 1 aromatic carbocycles. The van der Waals surface area contributed by atoms with E-state index in [-0.39, 0.29) is 6.10 Å². The molecule has 4 heteroatoms. The maximum atomic E-state index is 9.18. The first kappa shape index (κ1) is 11.1.